The standard InChI is InChI=1S/C15H21NO2/c1-2-12(8-14(3-1)13-4-5-13)9-16-10-15-11-17-6-7-18-15/h1-3,8,13,15-16H,4-7,9-11H2. The van der Waals surface area contributed by atoms with Crippen LogP contribution in [0.3, 0.4) is 0 Å². The molecule has 1 aliphatic carbocycles. The van der Waals surface area contributed by atoms with Gasteiger partial charge >= 0.3 is 0 Å². The minimum Gasteiger partial charge on any atom is -0.376 e. The van der Waals surface area contributed by atoms with Crippen molar-refractivity contribution in [3.8, 4) is 0 Å². The molecular weight excluding hydrogens is 226 g/mol. The van der Waals surface area contributed by atoms with Gasteiger partial charge in [-0.2, -0.15) is 0 Å². The van der Waals surface area contributed by atoms with E-state index in [0.717, 1.165) is 38.8 Å². The Balaban J connectivity index is 1.45. The number of benzene rings is 1. The second-order valence-electron chi connectivity index (χ2n) is 5.22. The van der Waals surface area contributed by atoms with E-state index in [1.807, 2.05) is 0 Å². The van der Waals surface area contributed by atoms with Gasteiger partial charge in [-0.25, -0.2) is 0 Å². The fraction of sp³-hybridized carbons (Fsp3) is 0.600. The monoisotopic (exact) mass is 247 g/mol. The first-order chi connectivity index (χ1) is 8.92. The maximum atomic E-state index is 5.60. The summed E-state index contributed by atoms with van der Waals surface area (Å²) in [6.07, 6.45) is 2.94. The van der Waals surface area contributed by atoms with Gasteiger partial charge in [-0.15, -0.1) is 0 Å². The van der Waals surface area contributed by atoms with Crippen LogP contribution in [0.2, 0.25) is 0 Å². The zero-order valence-corrected chi connectivity index (χ0v) is 10.7. The SMILES string of the molecule is c1cc(CNCC2COCCO2)cc(C2CC2)c1. The summed E-state index contributed by atoms with van der Waals surface area (Å²) in [5.74, 6) is 0.833. The summed E-state index contributed by atoms with van der Waals surface area (Å²) >= 11 is 0. The Morgan fingerprint density at radius 2 is 2.17 bits per heavy atom. The minimum absolute atomic E-state index is 0.213. The summed E-state index contributed by atoms with van der Waals surface area (Å²) in [4.78, 5) is 0. The first-order valence-corrected chi connectivity index (χ1v) is 6.91. The topological polar surface area (TPSA) is 30.5 Å². The molecule has 1 saturated heterocycles. The molecule has 18 heavy (non-hydrogen) atoms. The summed E-state index contributed by atoms with van der Waals surface area (Å²) in [6.45, 7) is 3.96. The van der Waals surface area contributed by atoms with Crippen molar-refractivity contribution in [3.05, 3.63) is 35.4 Å². The van der Waals surface area contributed by atoms with Gasteiger partial charge in [0.2, 0.25) is 0 Å². The Morgan fingerprint density at radius 3 is 2.94 bits per heavy atom. The van der Waals surface area contributed by atoms with Crippen LogP contribution in [-0.4, -0.2) is 32.5 Å². The number of rotatable bonds is 5. The molecule has 1 atom stereocenters. The Hall–Kier alpha value is -0.900. The van der Waals surface area contributed by atoms with Gasteiger partial charge in [-0.3, -0.25) is 0 Å². The van der Waals surface area contributed by atoms with Crippen molar-refractivity contribution in [1.82, 2.24) is 5.32 Å². The van der Waals surface area contributed by atoms with E-state index in [1.54, 1.807) is 0 Å². The fourth-order valence-corrected chi connectivity index (χ4v) is 2.41. The molecule has 3 rings (SSSR count). The van der Waals surface area contributed by atoms with Crippen molar-refractivity contribution < 1.29 is 9.47 Å². The average Bonchev–Trinajstić information content (AvgIpc) is 3.25. The maximum Gasteiger partial charge on any atom is 0.0933 e. The molecule has 1 aromatic carbocycles. The fourth-order valence-electron chi connectivity index (χ4n) is 2.41. The molecule has 3 nitrogen and oxygen atoms in total. The predicted octanol–water partition coefficient (Wildman–Crippen LogP) is 2.07. The van der Waals surface area contributed by atoms with Crippen molar-refractivity contribution in [2.24, 2.45) is 0 Å². The first kappa shape index (κ1) is 12.2. The highest BCUT2D eigenvalue weighted by atomic mass is 16.6. The molecule has 2 aliphatic rings. The molecule has 2 fully saturated rings. The number of nitrogens with one attached hydrogen (secondary N) is 1. The predicted molar refractivity (Wildman–Crippen MR) is 70.7 cm³/mol. The summed E-state index contributed by atoms with van der Waals surface area (Å²) in [5, 5.41) is 3.45. The Kier molecular flexibility index (Phi) is 3.93. The highest BCUT2D eigenvalue weighted by Crippen LogP contribution is 2.40. The van der Waals surface area contributed by atoms with Crippen molar-refractivity contribution in [3.63, 3.8) is 0 Å². The lowest BCUT2D eigenvalue weighted by Gasteiger charge is -2.23. The van der Waals surface area contributed by atoms with Crippen molar-refractivity contribution in [2.45, 2.75) is 31.4 Å². The summed E-state index contributed by atoms with van der Waals surface area (Å²) in [6, 6.07) is 8.95. The van der Waals surface area contributed by atoms with Gasteiger partial charge in [-0.05, 0) is 29.9 Å². The molecule has 0 aromatic heterocycles. The molecule has 1 unspecified atom stereocenters. The zero-order valence-electron chi connectivity index (χ0n) is 10.7. The normalized spacial score (nSPS) is 24.1. The summed E-state index contributed by atoms with van der Waals surface area (Å²) in [7, 11) is 0. The highest BCUT2D eigenvalue weighted by Gasteiger charge is 2.23. The molecule has 1 N–H and O–H groups in total. The smallest absolute Gasteiger partial charge is 0.0933 e. The number of ether oxygens (including phenoxy) is 2. The lowest BCUT2D eigenvalue weighted by Crippen LogP contribution is -2.37. The molecule has 1 heterocycles. The van der Waals surface area contributed by atoms with Crippen molar-refractivity contribution >= 4 is 0 Å². The summed E-state index contributed by atoms with van der Waals surface area (Å²) < 4.78 is 11.0. The van der Waals surface area contributed by atoms with Crippen LogP contribution in [0.15, 0.2) is 24.3 Å². The third-order valence-corrected chi connectivity index (χ3v) is 3.59. The molecule has 0 spiro atoms. The van der Waals surface area contributed by atoms with Gasteiger partial charge in [0.25, 0.3) is 0 Å². The van der Waals surface area contributed by atoms with Crippen LogP contribution < -0.4 is 5.32 Å². The van der Waals surface area contributed by atoms with E-state index in [2.05, 4.69) is 29.6 Å². The van der Waals surface area contributed by atoms with Crippen LogP contribution in [0.4, 0.5) is 0 Å². The van der Waals surface area contributed by atoms with E-state index in [-0.39, 0.29) is 6.10 Å². The average molecular weight is 247 g/mol. The van der Waals surface area contributed by atoms with E-state index in [9.17, 15) is 0 Å². The van der Waals surface area contributed by atoms with E-state index >= 15 is 0 Å². The van der Waals surface area contributed by atoms with E-state index < -0.39 is 0 Å². The number of hydrogen-bond acceptors (Lipinski definition) is 3. The van der Waals surface area contributed by atoms with Crippen LogP contribution in [0.25, 0.3) is 0 Å². The summed E-state index contributed by atoms with van der Waals surface area (Å²) in [5.41, 5.74) is 2.88. The van der Waals surface area contributed by atoms with Crippen molar-refractivity contribution in [2.75, 3.05) is 26.4 Å². The molecule has 0 amide bonds. The molecule has 98 valence electrons. The van der Waals surface area contributed by atoms with Crippen LogP contribution in [0.5, 0.6) is 0 Å². The van der Waals surface area contributed by atoms with Gasteiger partial charge in [0.1, 0.15) is 0 Å². The third kappa shape index (κ3) is 3.31. The molecule has 1 aromatic rings. The molecule has 0 radical (unpaired) electrons. The third-order valence-electron chi connectivity index (χ3n) is 3.59. The van der Waals surface area contributed by atoms with Gasteiger partial charge < -0.3 is 14.8 Å². The maximum absolute atomic E-state index is 5.60. The van der Waals surface area contributed by atoms with Gasteiger partial charge in [0.05, 0.1) is 25.9 Å². The van der Waals surface area contributed by atoms with Gasteiger partial charge in [-0.1, -0.05) is 24.3 Å². The van der Waals surface area contributed by atoms with E-state index in [0.29, 0.717) is 0 Å². The van der Waals surface area contributed by atoms with Crippen LogP contribution in [-0.2, 0) is 16.0 Å². The first-order valence-electron chi connectivity index (χ1n) is 6.91. The minimum atomic E-state index is 0.213. The van der Waals surface area contributed by atoms with Gasteiger partial charge in [0, 0.05) is 13.1 Å². The molecule has 3 heteroatoms. The molecule has 1 saturated carbocycles. The van der Waals surface area contributed by atoms with Crippen LogP contribution in [0.1, 0.15) is 29.9 Å². The quantitative estimate of drug-likeness (QED) is 0.864. The lowest BCUT2D eigenvalue weighted by atomic mass is 10.1. The largest absolute Gasteiger partial charge is 0.376 e. The van der Waals surface area contributed by atoms with E-state index in [1.165, 1.54) is 24.0 Å². The second-order valence-corrected chi connectivity index (χ2v) is 5.22. The van der Waals surface area contributed by atoms with E-state index in [4.69, 9.17) is 9.47 Å². The molecule has 0 bridgehead atoms. The lowest BCUT2D eigenvalue weighted by molar-refractivity contribution is -0.0864. The van der Waals surface area contributed by atoms with Gasteiger partial charge in [0.15, 0.2) is 0 Å². The Bertz CT molecular complexity index is 384. The molecule has 1 aliphatic heterocycles. The zero-order chi connectivity index (χ0) is 12.2. The van der Waals surface area contributed by atoms with Crippen LogP contribution >= 0.6 is 0 Å². The Labute approximate surface area is 108 Å². The highest BCUT2D eigenvalue weighted by molar-refractivity contribution is 5.29. The number of hydrogen-bond donors (Lipinski definition) is 1. The Morgan fingerprint density at radius 1 is 1.22 bits per heavy atom. The van der Waals surface area contributed by atoms with Crippen molar-refractivity contribution in [1.29, 1.82) is 0 Å². The second kappa shape index (κ2) is 5.83. The van der Waals surface area contributed by atoms with Crippen LogP contribution in [0, 0.1) is 0 Å². The molecular formula is C15H21NO2.